The van der Waals surface area contributed by atoms with Crippen molar-refractivity contribution in [1.82, 2.24) is 0 Å². The van der Waals surface area contributed by atoms with Crippen LogP contribution in [0.1, 0.15) is 38.5 Å². The van der Waals surface area contributed by atoms with Crippen LogP contribution in [-0.2, 0) is 9.47 Å². The summed E-state index contributed by atoms with van der Waals surface area (Å²) < 4.78 is 10.8. The van der Waals surface area contributed by atoms with Gasteiger partial charge in [-0.1, -0.05) is 12.8 Å². The van der Waals surface area contributed by atoms with Crippen molar-refractivity contribution in [2.75, 3.05) is 19.0 Å². The topological polar surface area (TPSA) is 18.5 Å². The van der Waals surface area contributed by atoms with Gasteiger partial charge in [-0.15, -0.1) is 11.6 Å². The lowest BCUT2D eigenvalue weighted by molar-refractivity contribution is -0.0466. The van der Waals surface area contributed by atoms with Gasteiger partial charge in [-0.2, -0.15) is 11.8 Å². The van der Waals surface area contributed by atoms with Crippen LogP contribution < -0.4 is 0 Å². The standard InChI is InChI=1S/C12H21ClO2S/c13-10-4-1-2-5-11(10)16-9-3-6-12-14-7-8-15-12/h10-12H,1-9H2/t10-,11+/m1/s1. The molecule has 0 spiro atoms. The summed E-state index contributed by atoms with van der Waals surface area (Å²) in [5.41, 5.74) is 0. The minimum Gasteiger partial charge on any atom is -0.350 e. The normalized spacial score (nSPS) is 32.1. The number of thioether (sulfide) groups is 1. The zero-order valence-corrected chi connectivity index (χ0v) is 11.3. The molecule has 94 valence electrons. The summed E-state index contributed by atoms with van der Waals surface area (Å²) in [6.45, 7) is 1.54. The molecule has 2 fully saturated rings. The second-order valence-corrected chi connectivity index (χ2v) is 6.43. The summed E-state index contributed by atoms with van der Waals surface area (Å²) >= 11 is 8.36. The molecule has 0 bridgehead atoms. The summed E-state index contributed by atoms with van der Waals surface area (Å²) in [7, 11) is 0. The molecule has 1 aliphatic heterocycles. The molecule has 2 nitrogen and oxygen atoms in total. The Kier molecular flexibility index (Phi) is 5.77. The van der Waals surface area contributed by atoms with Gasteiger partial charge in [0.05, 0.1) is 13.2 Å². The highest BCUT2D eigenvalue weighted by Crippen LogP contribution is 2.32. The zero-order valence-electron chi connectivity index (χ0n) is 9.70. The second-order valence-electron chi connectivity index (χ2n) is 4.52. The van der Waals surface area contributed by atoms with Crippen molar-refractivity contribution in [2.24, 2.45) is 0 Å². The van der Waals surface area contributed by atoms with Crippen LogP contribution in [0.5, 0.6) is 0 Å². The lowest BCUT2D eigenvalue weighted by atomic mass is 10.00. The summed E-state index contributed by atoms with van der Waals surface area (Å²) in [6.07, 6.45) is 7.45. The first-order valence-corrected chi connectivity index (χ1v) is 7.83. The molecule has 2 rings (SSSR count). The fourth-order valence-corrected chi connectivity index (χ4v) is 4.11. The molecule has 2 aliphatic rings. The predicted octanol–water partition coefficient (Wildman–Crippen LogP) is 3.42. The van der Waals surface area contributed by atoms with Crippen LogP contribution in [0, 0.1) is 0 Å². The van der Waals surface area contributed by atoms with E-state index in [-0.39, 0.29) is 6.29 Å². The summed E-state index contributed by atoms with van der Waals surface area (Å²) in [5.74, 6) is 1.19. The largest absolute Gasteiger partial charge is 0.350 e. The van der Waals surface area contributed by atoms with E-state index in [4.69, 9.17) is 21.1 Å². The molecule has 1 saturated heterocycles. The summed E-state index contributed by atoms with van der Waals surface area (Å²) in [4.78, 5) is 0. The molecule has 1 heterocycles. The minimum absolute atomic E-state index is 0.0683. The molecule has 0 aromatic heterocycles. The molecule has 4 heteroatoms. The van der Waals surface area contributed by atoms with Crippen molar-refractivity contribution in [2.45, 2.75) is 55.4 Å². The Morgan fingerprint density at radius 2 is 1.88 bits per heavy atom. The number of hydrogen-bond acceptors (Lipinski definition) is 3. The van der Waals surface area contributed by atoms with Crippen molar-refractivity contribution >= 4 is 23.4 Å². The number of rotatable bonds is 5. The van der Waals surface area contributed by atoms with Crippen molar-refractivity contribution in [3.63, 3.8) is 0 Å². The van der Waals surface area contributed by atoms with E-state index >= 15 is 0 Å². The summed E-state index contributed by atoms with van der Waals surface area (Å²) in [5, 5.41) is 1.08. The Morgan fingerprint density at radius 3 is 2.62 bits per heavy atom. The molecule has 0 aromatic carbocycles. The van der Waals surface area contributed by atoms with E-state index in [0.29, 0.717) is 10.6 Å². The second kappa shape index (κ2) is 7.10. The van der Waals surface area contributed by atoms with E-state index in [9.17, 15) is 0 Å². The van der Waals surface area contributed by atoms with Gasteiger partial charge in [0.1, 0.15) is 0 Å². The number of hydrogen-bond donors (Lipinski definition) is 0. The molecule has 0 aromatic rings. The van der Waals surface area contributed by atoms with E-state index in [1.807, 2.05) is 11.8 Å². The SMILES string of the molecule is Cl[C@@H]1CCCC[C@@H]1SCCCC1OCCO1. The molecule has 2 atom stereocenters. The molecular weight excluding hydrogens is 244 g/mol. The quantitative estimate of drug-likeness (QED) is 0.560. The fraction of sp³-hybridized carbons (Fsp3) is 1.00. The predicted molar refractivity (Wildman–Crippen MR) is 69.3 cm³/mol. The number of ether oxygens (including phenoxy) is 2. The Bertz CT molecular complexity index is 197. The van der Waals surface area contributed by atoms with E-state index in [1.54, 1.807) is 0 Å². The molecule has 0 radical (unpaired) electrons. The molecule has 1 saturated carbocycles. The highest BCUT2D eigenvalue weighted by molar-refractivity contribution is 8.00. The number of alkyl halides is 1. The van der Waals surface area contributed by atoms with Crippen molar-refractivity contribution in [3.05, 3.63) is 0 Å². The van der Waals surface area contributed by atoms with E-state index in [0.717, 1.165) is 19.6 Å². The van der Waals surface area contributed by atoms with Crippen LogP contribution in [0.15, 0.2) is 0 Å². The molecular formula is C12H21ClO2S. The smallest absolute Gasteiger partial charge is 0.157 e. The Balaban J connectivity index is 1.53. The minimum atomic E-state index is 0.0683. The first-order chi connectivity index (χ1) is 7.86. The third kappa shape index (κ3) is 4.10. The van der Waals surface area contributed by atoms with Gasteiger partial charge in [-0.25, -0.2) is 0 Å². The third-order valence-corrected chi connectivity index (χ3v) is 5.42. The van der Waals surface area contributed by atoms with Crippen LogP contribution in [0.2, 0.25) is 0 Å². The van der Waals surface area contributed by atoms with Crippen LogP contribution in [-0.4, -0.2) is 35.9 Å². The van der Waals surface area contributed by atoms with Gasteiger partial charge < -0.3 is 9.47 Å². The van der Waals surface area contributed by atoms with Gasteiger partial charge >= 0.3 is 0 Å². The highest BCUT2D eigenvalue weighted by Gasteiger charge is 2.23. The maximum absolute atomic E-state index is 6.32. The molecule has 0 unspecified atom stereocenters. The van der Waals surface area contributed by atoms with Gasteiger partial charge in [0.2, 0.25) is 0 Å². The van der Waals surface area contributed by atoms with Crippen molar-refractivity contribution < 1.29 is 9.47 Å². The van der Waals surface area contributed by atoms with Gasteiger partial charge in [-0.05, 0) is 31.4 Å². The van der Waals surface area contributed by atoms with Crippen LogP contribution in [0.4, 0.5) is 0 Å². The Morgan fingerprint density at radius 1 is 1.12 bits per heavy atom. The molecule has 16 heavy (non-hydrogen) atoms. The first-order valence-electron chi connectivity index (χ1n) is 6.35. The average Bonchev–Trinajstić information content (AvgIpc) is 2.79. The first kappa shape index (κ1) is 13.0. The Labute approximate surface area is 107 Å². The van der Waals surface area contributed by atoms with Crippen LogP contribution in [0.3, 0.4) is 0 Å². The van der Waals surface area contributed by atoms with E-state index < -0.39 is 0 Å². The lowest BCUT2D eigenvalue weighted by Gasteiger charge is -2.26. The van der Waals surface area contributed by atoms with Crippen LogP contribution >= 0.6 is 23.4 Å². The molecule has 0 N–H and O–H groups in total. The maximum Gasteiger partial charge on any atom is 0.157 e. The monoisotopic (exact) mass is 264 g/mol. The lowest BCUT2D eigenvalue weighted by Crippen LogP contribution is -2.22. The van der Waals surface area contributed by atoms with Gasteiger partial charge in [-0.3, -0.25) is 0 Å². The maximum atomic E-state index is 6.32. The van der Waals surface area contributed by atoms with Crippen molar-refractivity contribution in [3.8, 4) is 0 Å². The average molecular weight is 265 g/mol. The van der Waals surface area contributed by atoms with E-state index in [2.05, 4.69) is 0 Å². The molecule has 0 amide bonds. The van der Waals surface area contributed by atoms with E-state index in [1.165, 1.54) is 37.9 Å². The van der Waals surface area contributed by atoms with Gasteiger partial charge in [0.25, 0.3) is 0 Å². The highest BCUT2D eigenvalue weighted by atomic mass is 35.5. The van der Waals surface area contributed by atoms with Crippen LogP contribution in [0.25, 0.3) is 0 Å². The van der Waals surface area contributed by atoms with Crippen molar-refractivity contribution in [1.29, 1.82) is 0 Å². The third-order valence-electron chi connectivity index (χ3n) is 3.23. The number of halogens is 1. The summed E-state index contributed by atoms with van der Waals surface area (Å²) in [6, 6.07) is 0. The zero-order chi connectivity index (χ0) is 11.2. The van der Waals surface area contributed by atoms with Gasteiger partial charge in [0, 0.05) is 10.6 Å². The van der Waals surface area contributed by atoms with Gasteiger partial charge in [0.15, 0.2) is 6.29 Å². The molecule has 1 aliphatic carbocycles. The Hall–Kier alpha value is 0.560. The fourth-order valence-electron chi connectivity index (χ4n) is 2.30.